The van der Waals surface area contributed by atoms with Gasteiger partial charge in [0.25, 0.3) is 0 Å². The maximum absolute atomic E-state index is 12.0. The van der Waals surface area contributed by atoms with Crippen molar-refractivity contribution in [2.24, 2.45) is 14.1 Å². The first kappa shape index (κ1) is 18.5. The maximum Gasteiger partial charge on any atom is 0.412 e. The molecule has 2 N–H and O–H groups in total. The Morgan fingerprint density at radius 2 is 1.89 bits per heavy atom. The van der Waals surface area contributed by atoms with Crippen LogP contribution in [0.3, 0.4) is 0 Å². The van der Waals surface area contributed by atoms with Crippen molar-refractivity contribution in [2.75, 3.05) is 5.32 Å². The number of anilines is 1. The molecule has 0 atom stereocenters. The second-order valence-corrected chi connectivity index (χ2v) is 7.35. The van der Waals surface area contributed by atoms with E-state index in [0.717, 1.165) is 11.2 Å². The minimum atomic E-state index is -0.994. The van der Waals surface area contributed by atoms with Crippen LogP contribution in [0.5, 0.6) is 0 Å². The number of ether oxygens (including phenoxy) is 1. The maximum atomic E-state index is 12.0. The number of aryl methyl sites for hydroxylation is 2. The van der Waals surface area contributed by atoms with Crippen LogP contribution in [0.2, 0.25) is 0 Å². The highest BCUT2D eigenvalue weighted by Gasteiger charge is 2.19. The minimum absolute atomic E-state index is 0.186. The van der Waals surface area contributed by atoms with Gasteiger partial charge in [-0.15, -0.1) is 0 Å². The highest BCUT2D eigenvalue weighted by molar-refractivity contribution is 5.93. The standard InChI is InChI=1S/C19H22N4O4/c1-19(2,3)27-18(26)20-12-9-15(22(4)10-12)16-21-13-8-11(17(24)25)6-7-14(13)23(16)5/h6-10H,1-5H3,(H,20,26)(H,24,25). The third-order valence-corrected chi connectivity index (χ3v) is 4.01. The fourth-order valence-electron chi connectivity index (χ4n) is 2.84. The normalized spacial score (nSPS) is 11.6. The van der Waals surface area contributed by atoms with Gasteiger partial charge in [0.2, 0.25) is 0 Å². The van der Waals surface area contributed by atoms with E-state index in [2.05, 4.69) is 10.3 Å². The van der Waals surface area contributed by atoms with Gasteiger partial charge in [-0.25, -0.2) is 14.6 Å². The Labute approximate surface area is 156 Å². The first-order valence-electron chi connectivity index (χ1n) is 8.41. The van der Waals surface area contributed by atoms with Crippen LogP contribution in [0, 0.1) is 0 Å². The Kier molecular flexibility index (Phi) is 4.43. The largest absolute Gasteiger partial charge is 0.478 e. The average molecular weight is 370 g/mol. The van der Waals surface area contributed by atoms with E-state index in [1.807, 2.05) is 23.2 Å². The fraction of sp³-hybridized carbons (Fsp3) is 0.316. The number of hydrogen-bond acceptors (Lipinski definition) is 4. The number of hydrogen-bond donors (Lipinski definition) is 2. The van der Waals surface area contributed by atoms with Crippen LogP contribution >= 0.6 is 0 Å². The molecule has 142 valence electrons. The number of rotatable bonds is 3. The van der Waals surface area contributed by atoms with Gasteiger partial charge in [-0.2, -0.15) is 0 Å². The molecule has 2 heterocycles. The smallest absolute Gasteiger partial charge is 0.412 e. The summed E-state index contributed by atoms with van der Waals surface area (Å²) in [5, 5.41) is 11.9. The third kappa shape index (κ3) is 3.79. The molecule has 3 aromatic rings. The van der Waals surface area contributed by atoms with Crippen molar-refractivity contribution in [3.05, 3.63) is 36.0 Å². The Hall–Kier alpha value is -3.29. The molecule has 0 aliphatic heterocycles. The van der Waals surface area contributed by atoms with Gasteiger partial charge in [0.15, 0.2) is 5.82 Å². The zero-order chi connectivity index (χ0) is 19.9. The number of carboxylic acids is 1. The molecular weight excluding hydrogens is 348 g/mol. The molecule has 1 aromatic carbocycles. The molecule has 0 saturated heterocycles. The first-order valence-corrected chi connectivity index (χ1v) is 8.41. The van der Waals surface area contributed by atoms with E-state index in [-0.39, 0.29) is 5.56 Å². The second-order valence-electron chi connectivity index (χ2n) is 7.35. The molecule has 1 amide bonds. The van der Waals surface area contributed by atoms with E-state index in [0.29, 0.717) is 17.0 Å². The molecule has 0 bridgehead atoms. The van der Waals surface area contributed by atoms with Gasteiger partial charge in [0, 0.05) is 20.3 Å². The summed E-state index contributed by atoms with van der Waals surface area (Å²) >= 11 is 0. The van der Waals surface area contributed by atoms with Gasteiger partial charge >= 0.3 is 12.1 Å². The molecule has 27 heavy (non-hydrogen) atoms. The van der Waals surface area contributed by atoms with Crippen LogP contribution < -0.4 is 5.32 Å². The predicted molar refractivity (Wildman–Crippen MR) is 102 cm³/mol. The fourth-order valence-corrected chi connectivity index (χ4v) is 2.84. The van der Waals surface area contributed by atoms with E-state index in [9.17, 15) is 9.59 Å². The van der Waals surface area contributed by atoms with Crippen molar-refractivity contribution in [1.29, 1.82) is 0 Å². The molecule has 3 rings (SSSR count). The van der Waals surface area contributed by atoms with Gasteiger partial charge < -0.3 is 19.0 Å². The number of aromatic nitrogens is 3. The average Bonchev–Trinajstić information content (AvgIpc) is 3.05. The Morgan fingerprint density at radius 1 is 1.19 bits per heavy atom. The SMILES string of the molecule is Cn1cc(NC(=O)OC(C)(C)C)cc1-c1nc2cc(C(=O)O)ccc2n1C. The van der Waals surface area contributed by atoms with Crippen molar-refractivity contribution in [2.45, 2.75) is 26.4 Å². The van der Waals surface area contributed by atoms with Crippen LogP contribution in [0.25, 0.3) is 22.6 Å². The Bertz CT molecular complexity index is 1040. The minimum Gasteiger partial charge on any atom is -0.478 e. The lowest BCUT2D eigenvalue weighted by atomic mass is 10.2. The molecule has 0 unspecified atom stereocenters. The number of nitrogens with zero attached hydrogens (tertiary/aromatic N) is 3. The van der Waals surface area contributed by atoms with Gasteiger partial charge in [-0.3, -0.25) is 5.32 Å². The summed E-state index contributed by atoms with van der Waals surface area (Å²) in [6, 6.07) is 6.63. The lowest BCUT2D eigenvalue weighted by Crippen LogP contribution is -2.27. The van der Waals surface area contributed by atoms with Crippen LogP contribution in [-0.4, -0.2) is 36.9 Å². The number of nitrogens with one attached hydrogen (secondary N) is 1. The molecule has 0 spiro atoms. The molecule has 0 aliphatic carbocycles. The summed E-state index contributed by atoms with van der Waals surface area (Å²) in [7, 11) is 3.71. The van der Waals surface area contributed by atoms with Gasteiger partial charge in [-0.05, 0) is 45.0 Å². The monoisotopic (exact) mass is 370 g/mol. The number of carbonyl (C=O) groups excluding carboxylic acids is 1. The van der Waals surface area contributed by atoms with Gasteiger partial charge in [0.1, 0.15) is 5.60 Å². The molecule has 2 aromatic heterocycles. The van der Waals surface area contributed by atoms with E-state index in [1.54, 1.807) is 51.2 Å². The van der Waals surface area contributed by atoms with Crippen molar-refractivity contribution < 1.29 is 19.4 Å². The van der Waals surface area contributed by atoms with E-state index in [1.165, 1.54) is 0 Å². The van der Waals surface area contributed by atoms with Crippen molar-refractivity contribution in [3.63, 3.8) is 0 Å². The number of carbonyl (C=O) groups is 2. The topological polar surface area (TPSA) is 98.4 Å². The van der Waals surface area contributed by atoms with Crippen molar-refractivity contribution in [1.82, 2.24) is 14.1 Å². The van der Waals surface area contributed by atoms with Gasteiger partial charge in [-0.1, -0.05) is 0 Å². The number of amides is 1. The van der Waals surface area contributed by atoms with Crippen LogP contribution in [-0.2, 0) is 18.8 Å². The highest BCUT2D eigenvalue weighted by Crippen LogP contribution is 2.27. The Morgan fingerprint density at radius 3 is 2.52 bits per heavy atom. The number of imidazole rings is 1. The molecule has 0 fully saturated rings. The molecule has 0 radical (unpaired) electrons. The van der Waals surface area contributed by atoms with Crippen molar-refractivity contribution in [3.8, 4) is 11.5 Å². The second kappa shape index (κ2) is 6.46. The first-order chi connectivity index (χ1) is 12.5. The van der Waals surface area contributed by atoms with Crippen LogP contribution in [0.1, 0.15) is 31.1 Å². The highest BCUT2D eigenvalue weighted by atomic mass is 16.6. The van der Waals surface area contributed by atoms with E-state index < -0.39 is 17.7 Å². The number of carboxylic acid groups (broad SMARTS) is 1. The summed E-state index contributed by atoms with van der Waals surface area (Å²) in [4.78, 5) is 27.7. The summed E-state index contributed by atoms with van der Waals surface area (Å²) in [5.74, 6) is -0.334. The quantitative estimate of drug-likeness (QED) is 0.734. The summed E-state index contributed by atoms with van der Waals surface area (Å²) in [6.45, 7) is 5.40. The van der Waals surface area contributed by atoms with Crippen LogP contribution in [0.4, 0.5) is 10.5 Å². The van der Waals surface area contributed by atoms with Crippen LogP contribution in [0.15, 0.2) is 30.5 Å². The molecular formula is C19H22N4O4. The summed E-state index contributed by atoms with van der Waals surface area (Å²) in [6.07, 6.45) is 1.23. The number of benzene rings is 1. The van der Waals surface area contributed by atoms with Gasteiger partial charge in [0.05, 0.1) is 28.0 Å². The zero-order valence-corrected chi connectivity index (χ0v) is 15.9. The van der Waals surface area contributed by atoms with E-state index in [4.69, 9.17) is 9.84 Å². The Balaban J connectivity index is 1.95. The molecule has 8 nitrogen and oxygen atoms in total. The zero-order valence-electron chi connectivity index (χ0n) is 15.9. The van der Waals surface area contributed by atoms with E-state index >= 15 is 0 Å². The molecule has 8 heteroatoms. The molecule has 0 aliphatic rings. The summed E-state index contributed by atoms with van der Waals surface area (Å²) < 4.78 is 8.99. The van der Waals surface area contributed by atoms with Crippen molar-refractivity contribution >= 4 is 28.8 Å². The third-order valence-electron chi connectivity index (χ3n) is 4.01. The summed E-state index contributed by atoms with van der Waals surface area (Å²) in [5.41, 5.74) is 2.37. The lowest BCUT2D eigenvalue weighted by Gasteiger charge is -2.19. The number of fused-ring (bicyclic) bond motifs is 1. The number of aromatic carboxylic acids is 1. The predicted octanol–water partition coefficient (Wildman–Crippen LogP) is 3.62. The lowest BCUT2D eigenvalue weighted by molar-refractivity contribution is 0.0634. The molecule has 0 saturated carbocycles.